The minimum Gasteiger partial charge on any atom is -0.459 e. The van der Waals surface area contributed by atoms with Gasteiger partial charge in [0, 0.05) is 38.7 Å². The van der Waals surface area contributed by atoms with Crippen molar-refractivity contribution in [3.8, 4) is 0 Å². The molecule has 8 nitrogen and oxygen atoms in total. The van der Waals surface area contributed by atoms with Gasteiger partial charge in [0.1, 0.15) is 6.61 Å². The lowest BCUT2D eigenvalue weighted by Crippen LogP contribution is -2.27. The molecule has 1 rings (SSSR count). The van der Waals surface area contributed by atoms with Gasteiger partial charge in [0.05, 0.1) is 37.1 Å². The van der Waals surface area contributed by atoms with Crippen LogP contribution in [0, 0.1) is 0 Å². The Balaban J connectivity index is 2.54. The van der Waals surface area contributed by atoms with Crippen molar-refractivity contribution in [2.45, 2.75) is 71.7 Å². The van der Waals surface area contributed by atoms with Crippen molar-refractivity contribution in [3.63, 3.8) is 0 Å². The predicted octanol–water partition coefficient (Wildman–Crippen LogP) is 2.80. The highest BCUT2D eigenvalue weighted by atomic mass is 16.6. The van der Waals surface area contributed by atoms with Gasteiger partial charge < -0.3 is 29.4 Å². The fraction of sp³-hybridized carbons (Fsp3) is 0.750. The van der Waals surface area contributed by atoms with Gasteiger partial charge in [-0.05, 0) is 65.0 Å². The lowest BCUT2D eigenvalue weighted by atomic mass is 9.95. The summed E-state index contributed by atoms with van der Waals surface area (Å²) >= 11 is 0. The number of rotatable bonds is 16. The first-order valence-electron chi connectivity index (χ1n) is 11.6. The Kier molecular flexibility index (Phi) is 14.9. The van der Waals surface area contributed by atoms with Crippen molar-refractivity contribution in [1.82, 2.24) is 5.32 Å². The van der Waals surface area contributed by atoms with Gasteiger partial charge >= 0.3 is 5.97 Å². The second-order valence-electron chi connectivity index (χ2n) is 8.01. The molecule has 0 amide bonds. The number of nitrogens with one attached hydrogen (secondary N) is 1. The molecule has 0 aromatic rings. The van der Waals surface area contributed by atoms with E-state index in [0.717, 1.165) is 30.5 Å². The van der Waals surface area contributed by atoms with Gasteiger partial charge in [0.15, 0.2) is 0 Å². The molecule has 1 aliphatic carbocycles. The Hall–Kier alpha value is -1.74. The second-order valence-corrected chi connectivity index (χ2v) is 8.01. The van der Waals surface area contributed by atoms with Crippen molar-refractivity contribution in [2.24, 2.45) is 4.99 Å². The topological polar surface area (TPSA) is 98.6 Å². The maximum absolute atomic E-state index is 12.7. The van der Waals surface area contributed by atoms with Crippen LogP contribution in [0.25, 0.3) is 0 Å². The van der Waals surface area contributed by atoms with E-state index in [-0.39, 0.29) is 31.5 Å². The van der Waals surface area contributed by atoms with Crippen LogP contribution in [0.3, 0.4) is 0 Å². The summed E-state index contributed by atoms with van der Waals surface area (Å²) in [6, 6.07) is 0. The van der Waals surface area contributed by atoms with Crippen molar-refractivity contribution in [2.75, 3.05) is 46.6 Å². The first-order chi connectivity index (χ1) is 15.4. The van der Waals surface area contributed by atoms with Crippen LogP contribution in [0.1, 0.15) is 53.4 Å². The van der Waals surface area contributed by atoms with Gasteiger partial charge in [0.2, 0.25) is 0 Å². The summed E-state index contributed by atoms with van der Waals surface area (Å²) in [5.74, 6) is -0.399. The molecule has 184 valence electrons. The number of aliphatic hydroxyl groups excluding tert-OH is 1. The summed E-state index contributed by atoms with van der Waals surface area (Å²) in [4.78, 5) is 16.8. The first-order valence-corrected chi connectivity index (χ1v) is 11.6. The number of carbonyl (C=O) groups is 1. The average molecular weight is 455 g/mol. The zero-order valence-electron chi connectivity index (χ0n) is 20.4. The number of ether oxygens (including phenoxy) is 4. The van der Waals surface area contributed by atoms with E-state index in [1.165, 1.54) is 0 Å². The van der Waals surface area contributed by atoms with Gasteiger partial charge in [-0.3, -0.25) is 4.99 Å². The highest BCUT2D eigenvalue weighted by molar-refractivity contribution is 6.10. The number of carbonyl (C=O) groups excluding carboxylic acids is 1. The molecule has 0 heterocycles. The average Bonchev–Trinajstić information content (AvgIpc) is 2.78. The Morgan fingerprint density at radius 3 is 2.41 bits per heavy atom. The van der Waals surface area contributed by atoms with Gasteiger partial charge in [-0.25, -0.2) is 4.79 Å². The van der Waals surface area contributed by atoms with Crippen molar-refractivity contribution >= 4 is 12.2 Å². The van der Waals surface area contributed by atoms with E-state index in [9.17, 15) is 4.79 Å². The summed E-state index contributed by atoms with van der Waals surface area (Å²) in [7, 11) is 1.64. The minimum atomic E-state index is -0.399. The molecular weight excluding hydrogens is 412 g/mol. The minimum absolute atomic E-state index is 0.0479. The SMILES string of the molecule is CCOC(C)COC(C)COC(C)COC(=O)C(/C=N\C)=C1\C=C(NCCCO)CCC1. The quantitative estimate of drug-likeness (QED) is 0.160. The Morgan fingerprint density at radius 2 is 1.78 bits per heavy atom. The molecule has 0 saturated heterocycles. The number of aliphatic hydroxyl groups is 1. The van der Waals surface area contributed by atoms with E-state index in [0.29, 0.717) is 38.4 Å². The normalized spacial score (nSPS) is 18.8. The zero-order chi connectivity index (χ0) is 23.8. The Labute approximate surface area is 193 Å². The maximum atomic E-state index is 12.7. The number of esters is 1. The van der Waals surface area contributed by atoms with E-state index >= 15 is 0 Å². The predicted molar refractivity (Wildman–Crippen MR) is 126 cm³/mol. The molecule has 0 aromatic heterocycles. The molecule has 1 aliphatic rings. The summed E-state index contributed by atoms with van der Waals surface area (Å²) in [5.41, 5.74) is 2.46. The number of aliphatic imine (C=N–C) groups is 1. The zero-order valence-corrected chi connectivity index (χ0v) is 20.4. The van der Waals surface area contributed by atoms with E-state index in [1.807, 2.05) is 33.8 Å². The number of nitrogens with zero attached hydrogens (tertiary/aromatic N) is 1. The number of allylic oxidation sites excluding steroid dienone is 3. The lowest BCUT2D eigenvalue weighted by molar-refractivity contribution is -0.143. The summed E-state index contributed by atoms with van der Waals surface area (Å²) < 4.78 is 22.4. The van der Waals surface area contributed by atoms with E-state index in [1.54, 1.807) is 13.3 Å². The largest absolute Gasteiger partial charge is 0.459 e. The molecule has 2 N–H and O–H groups in total. The van der Waals surface area contributed by atoms with Crippen LogP contribution < -0.4 is 5.32 Å². The highest BCUT2D eigenvalue weighted by Crippen LogP contribution is 2.24. The van der Waals surface area contributed by atoms with E-state index in [4.69, 9.17) is 24.1 Å². The van der Waals surface area contributed by atoms with Crippen LogP contribution in [0.5, 0.6) is 0 Å². The first kappa shape index (κ1) is 28.3. The summed E-state index contributed by atoms with van der Waals surface area (Å²) in [5, 5.41) is 12.3. The van der Waals surface area contributed by atoms with E-state index in [2.05, 4.69) is 10.3 Å². The third kappa shape index (κ3) is 11.8. The van der Waals surface area contributed by atoms with Crippen molar-refractivity contribution in [1.29, 1.82) is 0 Å². The third-order valence-electron chi connectivity index (χ3n) is 4.88. The molecule has 0 fully saturated rings. The molecule has 3 unspecified atom stereocenters. The van der Waals surface area contributed by atoms with Crippen LogP contribution in [-0.2, 0) is 23.7 Å². The number of hydrogen-bond acceptors (Lipinski definition) is 8. The molecule has 0 saturated carbocycles. The molecule has 32 heavy (non-hydrogen) atoms. The number of hydrogen-bond donors (Lipinski definition) is 2. The monoisotopic (exact) mass is 454 g/mol. The highest BCUT2D eigenvalue weighted by Gasteiger charge is 2.19. The Bertz CT molecular complexity index is 632. The van der Waals surface area contributed by atoms with Gasteiger partial charge in [-0.2, -0.15) is 0 Å². The van der Waals surface area contributed by atoms with Crippen LogP contribution in [0.15, 0.2) is 27.9 Å². The molecule has 8 heteroatoms. The van der Waals surface area contributed by atoms with E-state index < -0.39 is 5.97 Å². The molecule has 0 aliphatic heterocycles. The van der Waals surface area contributed by atoms with Crippen molar-refractivity contribution in [3.05, 3.63) is 22.9 Å². The van der Waals surface area contributed by atoms with Gasteiger partial charge in [-0.1, -0.05) is 0 Å². The van der Waals surface area contributed by atoms with Crippen LogP contribution in [-0.4, -0.2) is 82.2 Å². The lowest BCUT2D eigenvalue weighted by Gasteiger charge is -2.20. The van der Waals surface area contributed by atoms with Crippen LogP contribution >= 0.6 is 0 Å². The maximum Gasteiger partial charge on any atom is 0.340 e. The second kappa shape index (κ2) is 16.8. The fourth-order valence-electron chi connectivity index (χ4n) is 3.20. The summed E-state index contributed by atoms with van der Waals surface area (Å²) in [6.07, 6.45) is 6.63. The molecule has 0 bridgehead atoms. The summed E-state index contributed by atoms with van der Waals surface area (Å²) in [6.45, 7) is 10.3. The fourth-order valence-corrected chi connectivity index (χ4v) is 3.20. The molecular formula is C24H42N2O6. The molecule has 3 atom stereocenters. The van der Waals surface area contributed by atoms with Crippen LogP contribution in [0.4, 0.5) is 0 Å². The van der Waals surface area contributed by atoms with Gasteiger partial charge in [-0.15, -0.1) is 0 Å². The molecule has 0 aromatic carbocycles. The molecule has 0 radical (unpaired) electrons. The third-order valence-corrected chi connectivity index (χ3v) is 4.88. The molecule has 0 spiro atoms. The smallest absolute Gasteiger partial charge is 0.340 e. The van der Waals surface area contributed by atoms with Crippen molar-refractivity contribution < 1.29 is 28.8 Å². The van der Waals surface area contributed by atoms with Gasteiger partial charge in [0.25, 0.3) is 0 Å². The standard InChI is InChI=1S/C24H42N2O6/c1-6-29-18(2)15-30-19(3)16-31-20(4)17-32-24(28)23(14-25-5)21-9-7-10-22(13-21)26-11-8-12-27/h13-14,18-20,26-27H,6-12,15-17H2,1-5H3/b23-21-,25-14-. The Morgan fingerprint density at radius 1 is 1.12 bits per heavy atom. The van der Waals surface area contributed by atoms with Crippen LogP contribution in [0.2, 0.25) is 0 Å².